The van der Waals surface area contributed by atoms with Gasteiger partial charge in [-0.25, -0.2) is 4.79 Å². The zero-order valence-electron chi connectivity index (χ0n) is 8.82. The molecule has 2 N–H and O–H groups in total. The summed E-state index contributed by atoms with van der Waals surface area (Å²) in [5, 5.41) is 21.9. The Morgan fingerprint density at radius 2 is 2.18 bits per heavy atom. The van der Waals surface area contributed by atoms with E-state index in [2.05, 4.69) is 15.1 Å². The van der Waals surface area contributed by atoms with Crippen LogP contribution in [0, 0.1) is 0 Å². The summed E-state index contributed by atoms with van der Waals surface area (Å²) in [6.07, 6.45) is 4.52. The summed E-state index contributed by atoms with van der Waals surface area (Å²) in [5.41, 5.74) is 0.926. The van der Waals surface area contributed by atoms with E-state index in [0.717, 1.165) is 0 Å². The van der Waals surface area contributed by atoms with Crippen molar-refractivity contribution in [3.05, 3.63) is 30.4 Å². The molecule has 0 aliphatic carbocycles. The molecule has 2 rings (SSSR count). The van der Waals surface area contributed by atoms with Crippen molar-refractivity contribution in [2.24, 2.45) is 0 Å². The van der Waals surface area contributed by atoms with Gasteiger partial charge in [-0.1, -0.05) is 0 Å². The summed E-state index contributed by atoms with van der Waals surface area (Å²) < 4.78 is 1.23. The Labute approximate surface area is 96.4 Å². The number of carbonyl (C=O) groups is 1. The maximum atomic E-state index is 11.0. The van der Waals surface area contributed by atoms with Gasteiger partial charge in [0, 0.05) is 18.5 Å². The number of aliphatic hydroxyl groups excluding tert-OH is 1. The molecule has 0 amide bonds. The lowest BCUT2D eigenvalue weighted by atomic mass is 10.3. The van der Waals surface area contributed by atoms with Crippen LogP contribution in [-0.2, 0) is 6.54 Å². The topological polar surface area (TPSA) is 101 Å². The highest BCUT2D eigenvalue weighted by molar-refractivity contribution is 5.87. The lowest BCUT2D eigenvalue weighted by Crippen LogP contribution is -2.12. The quantitative estimate of drug-likeness (QED) is 0.774. The van der Waals surface area contributed by atoms with E-state index in [9.17, 15) is 4.79 Å². The van der Waals surface area contributed by atoms with Gasteiger partial charge in [-0.3, -0.25) is 14.6 Å². The van der Waals surface area contributed by atoms with E-state index in [4.69, 9.17) is 10.2 Å². The smallest absolute Gasteiger partial charge is 0.354 e. The number of aliphatic hydroxyl groups is 1. The summed E-state index contributed by atoms with van der Waals surface area (Å²) >= 11 is 0. The minimum Gasteiger partial charge on any atom is -0.477 e. The van der Waals surface area contributed by atoms with Crippen molar-refractivity contribution in [1.29, 1.82) is 0 Å². The number of carboxylic acid groups (broad SMARTS) is 1. The molecule has 0 aliphatic heterocycles. The van der Waals surface area contributed by atoms with E-state index >= 15 is 0 Å². The van der Waals surface area contributed by atoms with Crippen molar-refractivity contribution >= 4 is 5.97 Å². The minimum atomic E-state index is -1.10. The van der Waals surface area contributed by atoms with E-state index < -0.39 is 5.97 Å². The lowest BCUT2D eigenvalue weighted by molar-refractivity contribution is 0.0681. The molecule has 0 fully saturated rings. The van der Waals surface area contributed by atoms with E-state index in [1.54, 1.807) is 0 Å². The van der Waals surface area contributed by atoms with Gasteiger partial charge in [0.15, 0.2) is 0 Å². The molecule has 0 aromatic carbocycles. The van der Waals surface area contributed by atoms with Crippen LogP contribution < -0.4 is 0 Å². The van der Waals surface area contributed by atoms with Crippen molar-refractivity contribution in [2.75, 3.05) is 6.61 Å². The van der Waals surface area contributed by atoms with Gasteiger partial charge in [0.2, 0.25) is 0 Å². The van der Waals surface area contributed by atoms with E-state index in [1.807, 2.05) is 0 Å². The molecule has 2 heterocycles. The van der Waals surface area contributed by atoms with Crippen LogP contribution in [0.2, 0.25) is 0 Å². The molecule has 0 bridgehead atoms. The molecule has 0 atom stereocenters. The molecular weight excluding hydrogens is 224 g/mol. The van der Waals surface area contributed by atoms with Crippen molar-refractivity contribution in [3.63, 3.8) is 0 Å². The highest BCUT2D eigenvalue weighted by atomic mass is 16.4. The number of carboxylic acids is 1. The number of rotatable bonds is 4. The third kappa shape index (κ3) is 2.28. The van der Waals surface area contributed by atoms with Crippen LogP contribution in [-0.4, -0.2) is 42.5 Å². The first-order valence-electron chi connectivity index (χ1n) is 4.90. The molecule has 88 valence electrons. The Morgan fingerprint density at radius 3 is 2.76 bits per heavy atom. The second-order valence-corrected chi connectivity index (χ2v) is 3.26. The Kier molecular flexibility index (Phi) is 3.10. The lowest BCUT2D eigenvalue weighted by Gasteiger charge is -1.99. The summed E-state index contributed by atoms with van der Waals surface area (Å²) in [4.78, 5) is 18.9. The first-order chi connectivity index (χ1) is 8.22. The van der Waals surface area contributed by atoms with E-state index in [1.165, 1.54) is 29.3 Å². The third-order valence-electron chi connectivity index (χ3n) is 2.14. The zero-order valence-corrected chi connectivity index (χ0v) is 8.82. The number of hydrogen-bond acceptors (Lipinski definition) is 5. The summed E-state index contributed by atoms with van der Waals surface area (Å²) in [6, 6.07) is 1.40. The Morgan fingerprint density at radius 1 is 1.35 bits per heavy atom. The third-order valence-corrected chi connectivity index (χ3v) is 2.14. The van der Waals surface area contributed by atoms with Gasteiger partial charge in [0.1, 0.15) is 17.1 Å². The van der Waals surface area contributed by atoms with Gasteiger partial charge in [-0.15, -0.1) is 0 Å². The molecule has 0 radical (unpaired) electrons. The molecule has 7 heteroatoms. The molecular formula is C10H10N4O3. The summed E-state index contributed by atoms with van der Waals surface area (Å²) in [5.74, 6) is -1.10. The van der Waals surface area contributed by atoms with Crippen molar-refractivity contribution < 1.29 is 15.0 Å². The molecule has 0 aliphatic rings. The second-order valence-electron chi connectivity index (χ2n) is 3.26. The largest absolute Gasteiger partial charge is 0.477 e. The van der Waals surface area contributed by atoms with Crippen molar-refractivity contribution in [1.82, 2.24) is 19.7 Å². The molecule has 0 saturated carbocycles. The van der Waals surface area contributed by atoms with Crippen LogP contribution in [0.25, 0.3) is 11.4 Å². The SMILES string of the molecule is O=C(O)c1cc(-c2cnccn2)nn1CCO. The molecule has 2 aromatic rings. The number of nitrogens with zero attached hydrogens (tertiary/aromatic N) is 4. The summed E-state index contributed by atoms with van der Waals surface area (Å²) in [6.45, 7) is -0.0518. The Bertz CT molecular complexity index is 524. The maximum absolute atomic E-state index is 11.0. The van der Waals surface area contributed by atoms with Crippen LogP contribution in [0.5, 0.6) is 0 Å². The van der Waals surface area contributed by atoms with Crippen LogP contribution in [0.4, 0.5) is 0 Å². The van der Waals surface area contributed by atoms with Gasteiger partial charge in [0.05, 0.1) is 19.3 Å². The maximum Gasteiger partial charge on any atom is 0.354 e. The average Bonchev–Trinajstić information content (AvgIpc) is 2.75. The first kappa shape index (κ1) is 11.2. The van der Waals surface area contributed by atoms with E-state index in [-0.39, 0.29) is 18.8 Å². The molecule has 7 nitrogen and oxygen atoms in total. The Balaban J connectivity index is 2.44. The number of aromatic carboxylic acids is 1. The fraction of sp³-hybridized carbons (Fsp3) is 0.200. The predicted octanol–water partition coefficient (Wildman–Crippen LogP) is 0.0306. The van der Waals surface area contributed by atoms with E-state index in [0.29, 0.717) is 11.4 Å². The molecule has 0 spiro atoms. The van der Waals surface area contributed by atoms with Gasteiger partial charge in [-0.05, 0) is 0 Å². The first-order valence-corrected chi connectivity index (χ1v) is 4.90. The average molecular weight is 234 g/mol. The molecule has 0 unspecified atom stereocenters. The van der Waals surface area contributed by atoms with Gasteiger partial charge < -0.3 is 10.2 Å². The van der Waals surface area contributed by atoms with Crippen LogP contribution >= 0.6 is 0 Å². The van der Waals surface area contributed by atoms with Gasteiger partial charge in [-0.2, -0.15) is 5.10 Å². The zero-order chi connectivity index (χ0) is 12.3. The van der Waals surface area contributed by atoms with Crippen molar-refractivity contribution in [2.45, 2.75) is 6.54 Å². The Hall–Kier alpha value is -2.28. The minimum absolute atomic E-state index is 0.0136. The number of aromatic nitrogens is 4. The monoisotopic (exact) mass is 234 g/mol. The number of hydrogen-bond donors (Lipinski definition) is 2. The van der Waals surface area contributed by atoms with Crippen molar-refractivity contribution in [3.8, 4) is 11.4 Å². The highest BCUT2D eigenvalue weighted by Gasteiger charge is 2.15. The standard InChI is InChI=1S/C10H10N4O3/c15-4-3-14-9(10(16)17)5-7(13-14)8-6-11-1-2-12-8/h1-2,5-6,15H,3-4H2,(H,16,17). The fourth-order valence-corrected chi connectivity index (χ4v) is 1.41. The summed E-state index contributed by atoms with van der Waals surface area (Å²) in [7, 11) is 0. The normalized spacial score (nSPS) is 10.4. The molecule has 17 heavy (non-hydrogen) atoms. The predicted molar refractivity (Wildman–Crippen MR) is 57.3 cm³/mol. The van der Waals surface area contributed by atoms with Gasteiger partial charge >= 0.3 is 5.97 Å². The van der Waals surface area contributed by atoms with Crippen LogP contribution in [0.1, 0.15) is 10.5 Å². The van der Waals surface area contributed by atoms with Crippen LogP contribution in [0.15, 0.2) is 24.7 Å². The van der Waals surface area contributed by atoms with Crippen LogP contribution in [0.3, 0.4) is 0 Å². The fourth-order valence-electron chi connectivity index (χ4n) is 1.41. The highest BCUT2D eigenvalue weighted by Crippen LogP contribution is 2.15. The van der Waals surface area contributed by atoms with Gasteiger partial charge in [0.25, 0.3) is 0 Å². The molecule has 0 saturated heterocycles. The molecule has 2 aromatic heterocycles. The second kappa shape index (κ2) is 4.71.